The van der Waals surface area contributed by atoms with E-state index in [0.717, 1.165) is 0 Å². The number of carboxylic acid groups (broad SMARTS) is 1. The summed E-state index contributed by atoms with van der Waals surface area (Å²) in [6.07, 6.45) is -0.518. The van der Waals surface area contributed by atoms with Gasteiger partial charge in [-0.3, -0.25) is 9.59 Å². The molecule has 0 radical (unpaired) electrons. The first-order chi connectivity index (χ1) is 9.93. The highest BCUT2D eigenvalue weighted by atomic mass is 16.5. The van der Waals surface area contributed by atoms with Crippen molar-refractivity contribution in [3.8, 4) is 11.8 Å². The topological polar surface area (TPSA) is 143 Å². The number of carboxylic acids is 1. The van der Waals surface area contributed by atoms with Gasteiger partial charge >= 0.3 is 5.97 Å². The van der Waals surface area contributed by atoms with Crippen LogP contribution in [0.2, 0.25) is 0 Å². The standard InChI is InChI=1S/C13H13N3O5/c14-6-8-3-1-2-4-10(8)21-7-12(18)16-9(13(19)20)5-11(15)17/h1-4,9H,5,7H2,(H2,15,17)(H,16,18)(H,19,20)/t9-/m0/s1. The van der Waals surface area contributed by atoms with Gasteiger partial charge in [0, 0.05) is 0 Å². The Morgan fingerprint density at radius 1 is 1.38 bits per heavy atom. The second-order valence-corrected chi connectivity index (χ2v) is 4.03. The third-order valence-electron chi connectivity index (χ3n) is 2.40. The maximum absolute atomic E-state index is 11.6. The lowest BCUT2D eigenvalue weighted by Crippen LogP contribution is -2.45. The summed E-state index contributed by atoms with van der Waals surface area (Å²) in [5.41, 5.74) is 5.14. The van der Waals surface area contributed by atoms with Crippen LogP contribution in [0.15, 0.2) is 24.3 Å². The van der Waals surface area contributed by atoms with E-state index < -0.39 is 36.9 Å². The van der Waals surface area contributed by atoms with Crippen LogP contribution in [0.25, 0.3) is 0 Å². The molecule has 0 fully saturated rings. The number of rotatable bonds is 7. The summed E-state index contributed by atoms with van der Waals surface area (Å²) < 4.78 is 5.13. The van der Waals surface area contributed by atoms with Crippen LogP contribution in [0.4, 0.5) is 0 Å². The molecule has 8 nitrogen and oxygen atoms in total. The van der Waals surface area contributed by atoms with E-state index in [-0.39, 0.29) is 11.3 Å². The number of nitrogens with one attached hydrogen (secondary N) is 1. The molecule has 21 heavy (non-hydrogen) atoms. The fraction of sp³-hybridized carbons (Fsp3) is 0.231. The van der Waals surface area contributed by atoms with Crippen molar-refractivity contribution in [3.05, 3.63) is 29.8 Å². The summed E-state index contributed by atoms with van der Waals surface area (Å²) in [6, 6.07) is 6.76. The van der Waals surface area contributed by atoms with Gasteiger partial charge in [-0.05, 0) is 12.1 Å². The van der Waals surface area contributed by atoms with Gasteiger partial charge in [-0.25, -0.2) is 4.79 Å². The van der Waals surface area contributed by atoms with Crippen molar-refractivity contribution in [2.75, 3.05) is 6.61 Å². The fourth-order valence-electron chi connectivity index (χ4n) is 1.47. The van der Waals surface area contributed by atoms with E-state index in [2.05, 4.69) is 5.32 Å². The molecule has 0 bridgehead atoms. The van der Waals surface area contributed by atoms with Crippen molar-refractivity contribution in [3.63, 3.8) is 0 Å². The van der Waals surface area contributed by atoms with Crippen molar-refractivity contribution in [1.82, 2.24) is 5.32 Å². The molecule has 1 aromatic carbocycles. The minimum Gasteiger partial charge on any atom is -0.482 e. The number of nitrogens with two attached hydrogens (primary N) is 1. The molecule has 8 heteroatoms. The Bertz CT molecular complexity index is 594. The molecule has 0 aliphatic carbocycles. The van der Waals surface area contributed by atoms with E-state index in [9.17, 15) is 14.4 Å². The number of para-hydroxylation sites is 1. The number of benzene rings is 1. The van der Waals surface area contributed by atoms with E-state index in [4.69, 9.17) is 20.8 Å². The maximum Gasteiger partial charge on any atom is 0.326 e. The van der Waals surface area contributed by atoms with Crippen molar-refractivity contribution >= 4 is 17.8 Å². The van der Waals surface area contributed by atoms with Crippen molar-refractivity contribution in [2.24, 2.45) is 5.73 Å². The molecule has 4 N–H and O–H groups in total. The maximum atomic E-state index is 11.6. The lowest BCUT2D eigenvalue weighted by atomic mass is 10.2. The van der Waals surface area contributed by atoms with E-state index in [1.807, 2.05) is 6.07 Å². The van der Waals surface area contributed by atoms with Gasteiger partial charge in [-0.2, -0.15) is 5.26 Å². The van der Waals surface area contributed by atoms with Crippen LogP contribution in [0.1, 0.15) is 12.0 Å². The number of primary amides is 1. The normalized spacial score (nSPS) is 11.0. The molecule has 110 valence electrons. The Morgan fingerprint density at radius 3 is 2.62 bits per heavy atom. The van der Waals surface area contributed by atoms with Crippen molar-refractivity contribution < 1.29 is 24.2 Å². The molecule has 0 aliphatic heterocycles. The Balaban J connectivity index is 2.59. The predicted molar refractivity (Wildman–Crippen MR) is 70.0 cm³/mol. The average molecular weight is 291 g/mol. The monoisotopic (exact) mass is 291 g/mol. The summed E-state index contributed by atoms with van der Waals surface area (Å²) >= 11 is 0. The van der Waals surface area contributed by atoms with E-state index in [1.165, 1.54) is 12.1 Å². The predicted octanol–water partition coefficient (Wildman–Crippen LogP) is -0.618. The number of hydrogen-bond donors (Lipinski definition) is 3. The molecule has 1 aromatic rings. The molecular formula is C13H13N3O5. The summed E-state index contributed by atoms with van der Waals surface area (Å²) in [5, 5.41) is 19.8. The number of nitriles is 1. The number of aliphatic carboxylic acids is 1. The van der Waals surface area contributed by atoms with Crippen LogP contribution in [-0.4, -0.2) is 35.5 Å². The largest absolute Gasteiger partial charge is 0.482 e. The second kappa shape index (κ2) is 7.49. The average Bonchev–Trinajstić information content (AvgIpc) is 2.44. The number of carbonyl (C=O) groups is 3. The molecular weight excluding hydrogens is 278 g/mol. The second-order valence-electron chi connectivity index (χ2n) is 4.03. The number of ether oxygens (including phenoxy) is 1. The summed E-state index contributed by atoms with van der Waals surface area (Å²) in [6.45, 7) is -0.485. The van der Waals surface area contributed by atoms with Crippen molar-refractivity contribution in [1.29, 1.82) is 5.26 Å². The lowest BCUT2D eigenvalue weighted by molar-refractivity contribution is -0.143. The first kappa shape index (κ1) is 16.0. The van der Waals surface area contributed by atoms with Crippen LogP contribution in [0.3, 0.4) is 0 Å². The molecule has 1 atom stereocenters. The molecule has 2 amide bonds. The Morgan fingerprint density at radius 2 is 2.05 bits per heavy atom. The Labute approximate surface area is 120 Å². The minimum atomic E-state index is -1.41. The number of hydrogen-bond acceptors (Lipinski definition) is 5. The van der Waals surface area contributed by atoms with Gasteiger partial charge in [-0.15, -0.1) is 0 Å². The fourth-order valence-corrected chi connectivity index (χ4v) is 1.47. The third kappa shape index (κ3) is 5.20. The van der Waals surface area contributed by atoms with Crippen molar-refractivity contribution in [2.45, 2.75) is 12.5 Å². The number of amides is 2. The van der Waals surface area contributed by atoms with Gasteiger partial charge < -0.3 is 20.9 Å². The van der Waals surface area contributed by atoms with Gasteiger partial charge in [0.2, 0.25) is 5.91 Å². The smallest absolute Gasteiger partial charge is 0.326 e. The van der Waals surface area contributed by atoms with Crippen LogP contribution in [-0.2, 0) is 14.4 Å². The molecule has 0 saturated carbocycles. The Kier molecular flexibility index (Phi) is 5.70. The van der Waals surface area contributed by atoms with E-state index in [1.54, 1.807) is 12.1 Å². The Hall–Kier alpha value is -3.08. The zero-order chi connectivity index (χ0) is 15.8. The highest BCUT2D eigenvalue weighted by Gasteiger charge is 2.22. The summed E-state index contributed by atoms with van der Waals surface area (Å²) in [4.78, 5) is 33.1. The minimum absolute atomic E-state index is 0.205. The lowest BCUT2D eigenvalue weighted by Gasteiger charge is -2.13. The zero-order valence-electron chi connectivity index (χ0n) is 10.9. The van der Waals surface area contributed by atoms with Crippen LogP contribution in [0.5, 0.6) is 5.75 Å². The first-order valence-corrected chi connectivity index (χ1v) is 5.86. The van der Waals surface area contributed by atoms with Gasteiger partial charge in [-0.1, -0.05) is 12.1 Å². The van der Waals surface area contributed by atoms with Crippen LogP contribution in [0, 0.1) is 11.3 Å². The van der Waals surface area contributed by atoms with Gasteiger partial charge in [0.25, 0.3) is 5.91 Å². The molecule has 0 aliphatic rings. The quantitative estimate of drug-likeness (QED) is 0.611. The van der Waals surface area contributed by atoms with E-state index >= 15 is 0 Å². The SMILES string of the molecule is N#Cc1ccccc1OCC(=O)N[C@@H](CC(N)=O)C(=O)O. The van der Waals surface area contributed by atoms with E-state index in [0.29, 0.717) is 0 Å². The molecule has 1 rings (SSSR count). The summed E-state index contributed by atoms with van der Waals surface area (Å²) in [7, 11) is 0. The molecule has 0 unspecified atom stereocenters. The number of nitrogens with zero attached hydrogens (tertiary/aromatic N) is 1. The van der Waals surface area contributed by atoms with Crippen LogP contribution >= 0.6 is 0 Å². The zero-order valence-corrected chi connectivity index (χ0v) is 10.9. The highest BCUT2D eigenvalue weighted by molar-refractivity contribution is 5.88. The number of carbonyl (C=O) groups excluding carboxylic acids is 2. The highest BCUT2D eigenvalue weighted by Crippen LogP contribution is 2.16. The van der Waals surface area contributed by atoms with Gasteiger partial charge in [0.15, 0.2) is 6.61 Å². The third-order valence-corrected chi connectivity index (χ3v) is 2.40. The summed E-state index contributed by atoms with van der Waals surface area (Å²) in [5.74, 6) is -2.76. The molecule has 0 spiro atoms. The van der Waals surface area contributed by atoms with Gasteiger partial charge in [0.05, 0.1) is 12.0 Å². The van der Waals surface area contributed by atoms with Gasteiger partial charge in [0.1, 0.15) is 17.9 Å². The first-order valence-electron chi connectivity index (χ1n) is 5.86. The van der Waals surface area contributed by atoms with Crippen LogP contribution < -0.4 is 15.8 Å². The molecule has 0 heterocycles. The molecule has 0 aromatic heterocycles. The molecule has 0 saturated heterocycles.